The highest BCUT2D eigenvalue weighted by atomic mass is 16.5. The first kappa shape index (κ1) is 23.5. The molecule has 2 heterocycles. The fourth-order valence-electron chi connectivity index (χ4n) is 4.66. The van der Waals surface area contributed by atoms with Crippen molar-refractivity contribution in [1.82, 2.24) is 14.5 Å². The van der Waals surface area contributed by atoms with Gasteiger partial charge in [0.1, 0.15) is 17.4 Å². The van der Waals surface area contributed by atoms with E-state index in [4.69, 9.17) is 9.72 Å². The Morgan fingerprint density at radius 1 is 1.18 bits per heavy atom. The van der Waals surface area contributed by atoms with Crippen LogP contribution in [0.25, 0.3) is 22.4 Å². The van der Waals surface area contributed by atoms with Gasteiger partial charge in [-0.1, -0.05) is 12.1 Å². The van der Waals surface area contributed by atoms with E-state index in [-0.39, 0.29) is 23.5 Å². The standard InChI is InChI=1S/C26H30N4O4/c1-5-30-24-22(26(33)29-11-7-9-19(15-29)16(2)31)13-20(27-17(3)32)14-23(24)28-25(30)18-8-6-10-21(12-18)34-4/h6,8,10,12-14,19H,5,7,9,11,15H2,1-4H3,(H,27,32). The van der Waals surface area contributed by atoms with Gasteiger partial charge in [0.2, 0.25) is 5.91 Å². The summed E-state index contributed by atoms with van der Waals surface area (Å²) < 4.78 is 7.40. The van der Waals surface area contributed by atoms with Crippen LogP contribution in [0.3, 0.4) is 0 Å². The number of nitrogens with one attached hydrogen (secondary N) is 1. The highest BCUT2D eigenvalue weighted by molar-refractivity contribution is 6.08. The monoisotopic (exact) mass is 462 g/mol. The Morgan fingerprint density at radius 3 is 2.65 bits per heavy atom. The first-order valence-corrected chi connectivity index (χ1v) is 11.6. The van der Waals surface area contributed by atoms with Crippen LogP contribution < -0.4 is 10.1 Å². The number of hydrogen-bond acceptors (Lipinski definition) is 5. The number of likely N-dealkylation sites (tertiary alicyclic amines) is 1. The normalized spacial score (nSPS) is 15.9. The molecule has 3 aromatic rings. The number of nitrogens with zero attached hydrogens (tertiary/aromatic N) is 3. The van der Waals surface area contributed by atoms with Crippen LogP contribution in [0.5, 0.6) is 5.75 Å². The highest BCUT2D eigenvalue weighted by Crippen LogP contribution is 2.32. The zero-order chi connectivity index (χ0) is 24.4. The quantitative estimate of drug-likeness (QED) is 0.595. The van der Waals surface area contributed by atoms with Gasteiger partial charge < -0.3 is 19.5 Å². The second kappa shape index (κ2) is 9.67. The fraction of sp³-hybridized carbons (Fsp3) is 0.385. The van der Waals surface area contributed by atoms with Crippen LogP contribution in [0.1, 0.15) is 44.0 Å². The van der Waals surface area contributed by atoms with Gasteiger partial charge in [-0.05, 0) is 51.0 Å². The van der Waals surface area contributed by atoms with Crippen molar-refractivity contribution in [3.63, 3.8) is 0 Å². The topological polar surface area (TPSA) is 93.5 Å². The van der Waals surface area contributed by atoms with Gasteiger partial charge in [0, 0.05) is 43.7 Å². The molecule has 1 saturated heterocycles. The van der Waals surface area contributed by atoms with E-state index >= 15 is 0 Å². The summed E-state index contributed by atoms with van der Waals surface area (Å²) >= 11 is 0. The van der Waals surface area contributed by atoms with Crippen LogP contribution in [0.4, 0.5) is 5.69 Å². The van der Waals surface area contributed by atoms with Crippen LogP contribution in [0, 0.1) is 5.92 Å². The number of ether oxygens (including phenoxy) is 1. The van der Waals surface area contributed by atoms with Crippen molar-refractivity contribution >= 4 is 34.3 Å². The lowest BCUT2D eigenvalue weighted by Crippen LogP contribution is -2.42. The summed E-state index contributed by atoms with van der Waals surface area (Å²) in [6.07, 6.45) is 1.58. The van der Waals surface area contributed by atoms with Crippen LogP contribution in [0.2, 0.25) is 0 Å². The van der Waals surface area contributed by atoms with Gasteiger partial charge in [-0.2, -0.15) is 0 Å². The van der Waals surface area contributed by atoms with E-state index in [1.54, 1.807) is 31.1 Å². The first-order chi connectivity index (χ1) is 16.3. The molecule has 1 N–H and O–H groups in total. The number of carbonyl (C=O) groups is 3. The lowest BCUT2D eigenvalue weighted by molar-refractivity contribution is -0.122. The van der Waals surface area contributed by atoms with E-state index in [1.165, 1.54) is 6.92 Å². The minimum atomic E-state index is -0.227. The zero-order valence-electron chi connectivity index (χ0n) is 20.1. The predicted octanol–water partition coefficient (Wildman–Crippen LogP) is 4.13. The minimum Gasteiger partial charge on any atom is -0.497 e. The molecule has 0 radical (unpaired) electrons. The maximum absolute atomic E-state index is 13.8. The molecule has 1 atom stereocenters. The molecule has 34 heavy (non-hydrogen) atoms. The number of imidazole rings is 1. The summed E-state index contributed by atoms with van der Waals surface area (Å²) in [6.45, 7) is 6.62. The number of hydrogen-bond donors (Lipinski definition) is 1. The number of anilines is 1. The highest BCUT2D eigenvalue weighted by Gasteiger charge is 2.29. The number of methoxy groups -OCH3 is 1. The Morgan fingerprint density at radius 2 is 1.97 bits per heavy atom. The Hall–Kier alpha value is -3.68. The SMILES string of the molecule is CCn1c(-c2cccc(OC)c2)nc2cc(NC(C)=O)cc(C(=O)N3CCCC(C(C)=O)C3)c21. The summed E-state index contributed by atoms with van der Waals surface area (Å²) in [5.41, 5.74) is 3.18. The third-order valence-electron chi connectivity index (χ3n) is 6.32. The number of aromatic nitrogens is 2. The molecule has 8 heteroatoms. The molecule has 178 valence electrons. The average Bonchev–Trinajstić information content (AvgIpc) is 3.21. The third kappa shape index (κ3) is 4.53. The smallest absolute Gasteiger partial charge is 0.256 e. The fourth-order valence-corrected chi connectivity index (χ4v) is 4.66. The van der Waals surface area contributed by atoms with E-state index < -0.39 is 0 Å². The number of amides is 2. The third-order valence-corrected chi connectivity index (χ3v) is 6.32. The van der Waals surface area contributed by atoms with Crippen molar-refractivity contribution in [2.45, 2.75) is 40.2 Å². The second-order valence-corrected chi connectivity index (χ2v) is 8.69. The number of piperidine rings is 1. The van der Waals surface area contributed by atoms with E-state index in [1.807, 2.05) is 35.8 Å². The van der Waals surface area contributed by atoms with Gasteiger partial charge in [-0.3, -0.25) is 14.4 Å². The number of benzene rings is 2. The van der Waals surface area contributed by atoms with E-state index in [9.17, 15) is 14.4 Å². The molecule has 1 fully saturated rings. The molecule has 1 aliphatic heterocycles. The van der Waals surface area contributed by atoms with Crippen molar-refractivity contribution in [3.05, 3.63) is 42.0 Å². The maximum Gasteiger partial charge on any atom is 0.256 e. The molecule has 0 saturated carbocycles. The Balaban J connectivity index is 1.88. The van der Waals surface area contributed by atoms with Gasteiger partial charge in [0.15, 0.2) is 0 Å². The summed E-state index contributed by atoms with van der Waals surface area (Å²) in [4.78, 5) is 44.2. The van der Waals surface area contributed by atoms with Gasteiger partial charge in [0.05, 0.1) is 23.7 Å². The number of fused-ring (bicyclic) bond motifs is 1. The molecular formula is C26H30N4O4. The van der Waals surface area contributed by atoms with E-state index in [0.717, 1.165) is 18.4 Å². The Labute approximate surface area is 198 Å². The summed E-state index contributed by atoms with van der Waals surface area (Å²) in [7, 11) is 1.62. The van der Waals surface area contributed by atoms with E-state index in [2.05, 4.69) is 5.32 Å². The van der Waals surface area contributed by atoms with Crippen LogP contribution >= 0.6 is 0 Å². The molecule has 1 unspecified atom stereocenters. The molecule has 1 aromatic heterocycles. The lowest BCUT2D eigenvalue weighted by Gasteiger charge is -2.32. The van der Waals surface area contributed by atoms with Crippen molar-refractivity contribution in [2.24, 2.45) is 5.92 Å². The van der Waals surface area contributed by atoms with E-state index in [0.29, 0.717) is 53.5 Å². The van der Waals surface area contributed by atoms with Crippen molar-refractivity contribution in [2.75, 3.05) is 25.5 Å². The Bertz CT molecular complexity index is 1260. The summed E-state index contributed by atoms with van der Waals surface area (Å²) in [5, 5.41) is 2.79. The van der Waals surface area contributed by atoms with Crippen LogP contribution in [0.15, 0.2) is 36.4 Å². The molecule has 2 amide bonds. The summed E-state index contributed by atoms with van der Waals surface area (Å²) in [6, 6.07) is 11.1. The molecular weight excluding hydrogens is 432 g/mol. The largest absolute Gasteiger partial charge is 0.497 e. The number of Topliss-reactive ketones (excluding diaryl/α,β-unsaturated/α-hetero) is 1. The lowest BCUT2D eigenvalue weighted by atomic mass is 9.94. The number of rotatable bonds is 6. The number of ketones is 1. The Kier molecular flexibility index (Phi) is 6.68. The maximum atomic E-state index is 13.8. The van der Waals surface area contributed by atoms with Crippen LogP contribution in [-0.2, 0) is 16.1 Å². The van der Waals surface area contributed by atoms with Gasteiger partial charge in [0.25, 0.3) is 5.91 Å². The van der Waals surface area contributed by atoms with Crippen molar-refractivity contribution in [1.29, 1.82) is 0 Å². The molecule has 4 rings (SSSR count). The molecule has 8 nitrogen and oxygen atoms in total. The number of carbonyl (C=O) groups excluding carboxylic acids is 3. The molecule has 0 aliphatic carbocycles. The van der Waals surface area contributed by atoms with Gasteiger partial charge >= 0.3 is 0 Å². The number of aryl methyl sites for hydroxylation is 1. The molecule has 1 aliphatic rings. The van der Waals surface area contributed by atoms with Crippen molar-refractivity contribution in [3.8, 4) is 17.1 Å². The second-order valence-electron chi connectivity index (χ2n) is 8.69. The molecule has 0 bridgehead atoms. The van der Waals surface area contributed by atoms with Crippen molar-refractivity contribution < 1.29 is 19.1 Å². The minimum absolute atomic E-state index is 0.105. The molecule has 2 aromatic carbocycles. The zero-order valence-corrected chi connectivity index (χ0v) is 20.1. The van der Waals surface area contributed by atoms with Crippen LogP contribution in [-0.4, -0.2) is 52.2 Å². The summed E-state index contributed by atoms with van der Waals surface area (Å²) in [5.74, 6) is 1.01. The predicted molar refractivity (Wildman–Crippen MR) is 131 cm³/mol. The molecule has 0 spiro atoms. The van der Waals surface area contributed by atoms with Gasteiger partial charge in [-0.25, -0.2) is 4.98 Å². The average molecular weight is 463 g/mol. The first-order valence-electron chi connectivity index (χ1n) is 11.6. The van der Waals surface area contributed by atoms with Gasteiger partial charge in [-0.15, -0.1) is 0 Å².